The number of furan rings is 1. The van der Waals surface area contributed by atoms with E-state index < -0.39 is 0 Å². The minimum atomic E-state index is 0.104. The van der Waals surface area contributed by atoms with Gasteiger partial charge in [0.1, 0.15) is 0 Å². The normalized spacial score (nSPS) is 27.6. The van der Waals surface area contributed by atoms with Crippen molar-refractivity contribution in [2.75, 3.05) is 6.61 Å². The molecule has 2 heterocycles. The molecule has 3 N–H and O–H groups in total. The van der Waals surface area contributed by atoms with E-state index in [1.54, 1.807) is 6.26 Å². The van der Waals surface area contributed by atoms with E-state index in [4.69, 9.17) is 15.0 Å². The highest BCUT2D eigenvalue weighted by Gasteiger charge is 2.41. The number of hydrogen-bond acceptors (Lipinski definition) is 4. The molecule has 3 rings (SSSR count). The van der Waals surface area contributed by atoms with Gasteiger partial charge < -0.3 is 9.15 Å². The third-order valence-electron chi connectivity index (χ3n) is 4.93. The molecule has 2 fully saturated rings. The van der Waals surface area contributed by atoms with E-state index in [2.05, 4.69) is 21.4 Å². The number of rotatable bonds is 3. The maximum absolute atomic E-state index is 6.18. The molecule has 2 aliphatic rings. The molecule has 0 radical (unpaired) electrons. The molecular weight excluding hydrogens is 320 g/mol. The van der Waals surface area contributed by atoms with Gasteiger partial charge in [-0.3, -0.25) is 11.3 Å². The number of hydrogen-bond donors (Lipinski definition) is 2. The second-order valence-corrected chi connectivity index (χ2v) is 6.86. The summed E-state index contributed by atoms with van der Waals surface area (Å²) in [4.78, 5) is 0. The molecule has 1 saturated carbocycles. The lowest BCUT2D eigenvalue weighted by atomic mass is 9.73. The number of ether oxygens (including phenoxy) is 1. The minimum absolute atomic E-state index is 0.104. The first kappa shape index (κ1) is 14.6. The number of nitrogens with one attached hydrogen (secondary N) is 1. The van der Waals surface area contributed by atoms with Crippen LogP contribution in [0.1, 0.15) is 56.6 Å². The van der Waals surface area contributed by atoms with E-state index in [0.717, 1.165) is 29.7 Å². The molecule has 2 unspecified atom stereocenters. The summed E-state index contributed by atoms with van der Waals surface area (Å²) >= 11 is 3.47. The van der Waals surface area contributed by atoms with Crippen molar-refractivity contribution in [1.82, 2.24) is 5.43 Å². The summed E-state index contributed by atoms with van der Waals surface area (Å²) in [6.07, 6.45) is 10.2. The standard InChI is InChI=1S/C15H23BrN2O2/c16-14-12(5-8-19-14)13(18-17)11-4-9-20-15(10-11)6-2-1-3-7-15/h5,8,11,13,18H,1-4,6-7,9-10,17H2. The van der Waals surface area contributed by atoms with Gasteiger partial charge in [0.2, 0.25) is 0 Å². The summed E-state index contributed by atoms with van der Waals surface area (Å²) in [5.41, 5.74) is 4.21. The Balaban J connectivity index is 1.76. The van der Waals surface area contributed by atoms with Gasteiger partial charge in [-0.15, -0.1) is 0 Å². The van der Waals surface area contributed by atoms with Gasteiger partial charge >= 0.3 is 0 Å². The van der Waals surface area contributed by atoms with Crippen LogP contribution in [0.2, 0.25) is 0 Å². The van der Waals surface area contributed by atoms with Gasteiger partial charge in [0.25, 0.3) is 0 Å². The van der Waals surface area contributed by atoms with Crippen molar-refractivity contribution in [3.8, 4) is 0 Å². The fraction of sp³-hybridized carbons (Fsp3) is 0.733. The number of nitrogens with two attached hydrogens (primary N) is 1. The highest BCUT2D eigenvalue weighted by molar-refractivity contribution is 9.10. The Morgan fingerprint density at radius 2 is 2.15 bits per heavy atom. The zero-order valence-corrected chi connectivity index (χ0v) is 13.3. The Labute approximate surface area is 128 Å². The first-order chi connectivity index (χ1) is 9.74. The van der Waals surface area contributed by atoms with Crippen molar-refractivity contribution in [2.24, 2.45) is 11.8 Å². The molecule has 1 aromatic heterocycles. The van der Waals surface area contributed by atoms with Gasteiger partial charge in [0.05, 0.1) is 17.9 Å². The van der Waals surface area contributed by atoms with E-state index in [1.165, 1.54) is 32.1 Å². The Kier molecular flexibility index (Phi) is 4.50. The average Bonchev–Trinajstić information content (AvgIpc) is 2.87. The fourth-order valence-electron chi connectivity index (χ4n) is 3.90. The summed E-state index contributed by atoms with van der Waals surface area (Å²) in [6, 6.07) is 2.13. The van der Waals surface area contributed by atoms with Crippen molar-refractivity contribution >= 4 is 15.9 Å². The van der Waals surface area contributed by atoms with E-state index in [0.29, 0.717) is 5.92 Å². The Hall–Kier alpha value is -0.360. The lowest BCUT2D eigenvalue weighted by molar-refractivity contribution is -0.122. The molecule has 0 amide bonds. The van der Waals surface area contributed by atoms with E-state index in [9.17, 15) is 0 Å². The maximum Gasteiger partial charge on any atom is 0.173 e. The summed E-state index contributed by atoms with van der Waals surface area (Å²) in [6.45, 7) is 0.846. The van der Waals surface area contributed by atoms with Crippen LogP contribution < -0.4 is 11.3 Å². The molecule has 2 atom stereocenters. The van der Waals surface area contributed by atoms with Crippen LogP contribution in [0, 0.1) is 5.92 Å². The maximum atomic E-state index is 6.18. The number of hydrazine groups is 1. The van der Waals surface area contributed by atoms with Gasteiger partial charge in [-0.05, 0) is 53.6 Å². The van der Waals surface area contributed by atoms with Gasteiger partial charge in [-0.25, -0.2) is 0 Å². The minimum Gasteiger partial charge on any atom is -0.457 e. The summed E-state index contributed by atoms with van der Waals surface area (Å²) in [7, 11) is 0. The van der Waals surface area contributed by atoms with E-state index in [1.807, 2.05) is 6.07 Å². The predicted molar refractivity (Wildman–Crippen MR) is 81.0 cm³/mol. The summed E-state index contributed by atoms with van der Waals surface area (Å²) in [5.74, 6) is 6.33. The van der Waals surface area contributed by atoms with E-state index in [-0.39, 0.29) is 11.6 Å². The zero-order valence-electron chi connectivity index (χ0n) is 11.7. The molecule has 20 heavy (non-hydrogen) atoms. The first-order valence-corrected chi connectivity index (χ1v) is 8.36. The van der Waals surface area contributed by atoms with Crippen LogP contribution >= 0.6 is 15.9 Å². The average molecular weight is 343 g/mol. The van der Waals surface area contributed by atoms with Crippen LogP contribution in [0.15, 0.2) is 21.4 Å². The Bertz CT molecular complexity index is 437. The van der Waals surface area contributed by atoms with Crippen LogP contribution in [-0.4, -0.2) is 12.2 Å². The summed E-state index contributed by atoms with van der Waals surface area (Å²) in [5, 5.41) is 0. The Morgan fingerprint density at radius 3 is 2.80 bits per heavy atom. The molecule has 0 bridgehead atoms. The van der Waals surface area contributed by atoms with Gasteiger partial charge in [0, 0.05) is 12.2 Å². The lowest BCUT2D eigenvalue weighted by Gasteiger charge is -2.45. The molecule has 5 heteroatoms. The number of halogens is 1. The second kappa shape index (κ2) is 6.18. The van der Waals surface area contributed by atoms with Crippen LogP contribution in [0.4, 0.5) is 0 Å². The third kappa shape index (κ3) is 2.82. The topological polar surface area (TPSA) is 60.4 Å². The largest absolute Gasteiger partial charge is 0.457 e. The van der Waals surface area contributed by atoms with Crippen molar-refractivity contribution in [1.29, 1.82) is 0 Å². The molecule has 112 valence electrons. The van der Waals surface area contributed by atoms with Gasteiger partial charge in [-0.2, -0.15) is 0 Å². The van der Waals surface area contributed by atoms with Gasteiger partial charge in [0.15, 0.2) is 4.67 Å². The molecule has 1 spiro atoms. The smallest absolute Gasteiger partial charge is 0.173 e. The van der Waals surface area contributed by atoms with E-state index >= 15 is 0 Å². The molecular formula is C15H23BrN2O2. The van der Waals surface area contributed by atoms with Crippen molar-refractivity contribution in [2.45, 2.75) is 56.6 Å². The first-order valence-electron chi connectivity index (χ1n) is 7.57. The van der Waals surface area contributed by atoms with Crippen molar-refractivity contribution in [3.05, 3.63) is 22.6 Å². The molecule has 1 aliphatic carbocycles. The predicted octanol–water partition coefficient (Wildman–Crippen LogP) is 3.68. The fourth-order valence-corrected chi connectivity index (χ4v) is 4.39. The second-order valence-electron chi connectivity index (χ2n) is 6.14. The highest BCUT2D eigenvalue weighted by Crippen LogP contribution is 2.45. The molecule has 0 aromatic carbocycles. The van der Waals surface area contributed by atoms with Crippen LogP contribution in [-0.2, 0) is 4.74 Å². The SMILES string of the molecule is NNC(c1ccoc1Br)C1CCOC2(CCCCC2)C1. The third-order valence-corrected chi connectivity index (χ3v) is 5.57. The van der Waals surface area contributed by atoms with Crippen LogP contribution in [0.5, 0.6) is 0 Å². The van der Waals surface area contributed by atoms with Crippen molar-refractivity contribution in [3.63, 3.8) is 0 Å². The van der Waals surface area contributed by atoms with Crippen molar-refractivity contribution < 1.29 is 9.15 Å². The van der Waals surface area contributed by atoms with Crippen LogP contribution in [0.3, 0.4) is 0 Å². The lowest BCUT2D eigenvalue weighted by Crippen LogP contribution is -2.45. The Morgan fingerprint density at radius 1 is 1.35 bits per heavy atom. The van der Waals surface area contributed by atoms with Gasteiger partial charge in [-0.1, -0.05) is 19.3 Å². The molecule has 1 aromatic rings. The molecule has 1 aliphatic heterocycles. The zero-order chi connectivity index (χ0) is 14.0. The molecule has 4 nitrogen and oxygen atoms in total. The highest BCUT2D eigenvalue weighted by atomic mass is 79.9. The summed E-state index contributed by atoms with van der Waals surface area (Å²) < 4.78 is 12.3. The monoisotopic (exact) mass is 342 g/mol. The molecule has 1 saturated heterocycles. The quantitative estimate of drug-likeness (QED) is 0.649. The van der Waals surface area contributed by atoms with Crippen LogP contribution in [0.25, 0.3) is 0 Å².